The highest BCUT2D eigenvalue weighted by Crippen LogP contribution is 2.36. The largest absolute Gasteiger partial charge is 0.497 e. The molecule has 4 aromatic carbocycles. The third kappa shape index (κ3) is 6.51. The van der Waals surface area contributed by atoms with Gasteiger partial charge in [-0.05, 0) is 66.6 Å². The Morgan fingerprint density at radius 1 is 0.957 bits per heavy atom. The van der Waals surface area contributed by atoms with Gasteiger partial charge in [-0.3, -0.25) is 9.36 Å². The lowest BCUT2D eigenvalue weighted by atomic mass is 9.93. The van der Waals surface area contributed by atoms with Crippen molar-refractivity contribution in [1.82, 2.24) is 4.57 Å². The molecule has 7 nitrogen and oxygen atoms in total. The van der Waals surface area contributed by atoms with Gasteiger partial charge in [0, 0.05) is 21.2 Å². The normalized spacial score (nSPS) is 14.4. The molecule has 0 spiro atoms. The van der Waals surface area contributed by atoms with Crippen molar-refractivity contribution >= 4 is 52.3 Å². The number of carbonyl (C=O) groups excluding carboxylic acids is 1. The fraction of sp³-hybridized carbons (Fsp3) is 0.139. The maximum Gasteiger partial charge on any atom is 0.338 e. The minimum Gasteiger partial charge on any atom is -0.497 e. The lowest BCUT2D eigenvalue weighted by molar-refractivity contribution is -0.138. The van der Waals surface area contributed by atoms with Crippen LogP contribution in [0.1, 0.15) is 35.2 Å². The van der Waals surface area contributed by atoms with Gasteiger partial charge in [0.05, 0.1) is 35.6 Å². The number of thiazole rings is 1. The van der Waals surface area contributed by atoms with E-state index in [1.807, 2.05) is 54.6 Å². The topological polar surface area (TPSA) is 79.1 Å². The Morgan fingerprint density at radius 2 is 1.67 bits per heavy atom. The first-order valence-corrected chi connectivity index (χ1v) is 16.0. The van der Waals surface area contributed by atoms with Gasteiger partial charge in [0.25, 0.3) is 5.56 Å². The van der Waals surface area contributed by atoms with E-state index >= 15 is 0 Å². The number of ether oxygens (including phenoxy) is 3. The average molecular weight is 672 g/mol. The van der Waals surface area contributed by atoms with Gasteiger partial charge in [0.1, 0.15) is 18.1 Å². The van der Waals surface area contributed by atoms with E-state index < -0.39 is 12.0 Å². The molecule has 0 fully saturated rings. The van der Waals surface area contributed by atoms with Crippen molar-refractivity contribution in [3.63, 3.8) is 0 Å². The number of rotatable bonds is 9. The minimum absolute atomic E-state index is 0.164. The standard InChI is InChI=1S/C36H28Cl2N2O5S/c1-3-44-35(42)31-32(23-7-5-4-6-8-23)39-36-40(33(31)24-11-16-28(43-2)17-12-24)34(41)30(46-36)20-25-19-27(38)15-18-29(25)45-21-22-9-13-26(37)14-10-22/h4-20,33H,3,21H2,1-2H3/b30-20-/t33-/m0/s1. The van der Waals surface area contributed by atoms with Crippen LogP contribution in [-0.2, 0) is 16.1 Å². The highest BCUT2D eigenvalue weighted by molar-refractivity contribution is 7.07. The molecule has 0 saturated carbocycles. The van der Waals surface area contributed by atoms with Crippen LogP contribution in [0.3, 0.4) is 0 Å². The number of benzene rings is 4. The second-order valence-corrected chi connectivity index (χ2v) is 12.2. The lowest BCUT2D eigenvalue weighted by Crippen LogP contribution is -2.40. The SMILES string of the molecule is CCOC(=O)C1=C(c2ccccc2)N=c2s/c(=C\c3cc(Cl)ccc3OCc3ccc(Cl)cc3)c(=O)n2[C@H]1c1ccc(OC)cc1. The van der Waals surface area contributed by atoms with Crippen LogP contribution >= 0.6 is 34.5 Å². The number of hydrogen-bond acceptors (Lipinski definition) is 7. The van der Waals surface area contributed by atoms with E-state index in [4.69, 9.17) is 42.4 Å². The maximum atomic E-state index is 14.3. The predicted octanol–water partition coefficient (Wildman–Crippen LogP) is 6.83. The Balaban J connectivity index is 1.53. The van der Waals surface area contributed by atoms with Gasteiger partial charge >= 0.3 is 5.97 Å². The fourth-order valence-corrected chi connectivity index (χ4v) is 6.49. The van der Waals surface area contributed by atoms with Crippen LogP contribution in [0.25, 0.3) is 11.8 Å². The summed E-state index contributed by atoms with van der Waals surface area (Å²) in [5.74, 6) is 0.648. The first-order chi connectivity index (χ1) is 22.4. The summed E-state index contributed by atoms with van der Waals surface area (Å²) in [6, 6.07) is 28.5. The van der Waals surface area contributed by atoms with E-state index in [0.717, 1.165) is 11.1 Å². The van der Waals surface area contributed by atoms with Gasteiger partial charge in [0.15, 0.2) is 4.80 Å². The molecule has 0 unspecified atom stereocenters. The Morgan fingerprint density at radius 3 is 2.37 bits per heavy atom. The van der Waals surface area contributed by atoms with Crippen LogP contribution in [0.4, 0.5) is 0 Å². The molecule has 232 valence electrons. The van der Waals surface area contributed by atoms with Gasteiger partial charge in [0.2, 0.25) is 0 Å². The van der Waals surface area contributed by atoms with Crippen LogP contribution < -0.4 is 24.4 Å². The quantitative estimate of drug-likeness (QED) is 0.161. The zero-order chi connectivity index (χ0) is 32.2. The molecule has 0 aliphatic carbocycles. The van der Waals surface area contributed by atoms with Crippen LogP contribution in [0, 0.1) is 0 Å². The summed E-state index contributed by atoms with van der Waals surface area (Å²) in [7, 11) is 1.58. The third-order valence-corrected chi connectivity index (χ3v) is 8.84. The number of carbonyl (C=O) groups is 1. The van der Waals surface area contributed by atoms with Gasteiger partial charge in [-0.2, -0.15) is 0 Å². The van der Waals surface area contributed by atoms with E-state index in [1.54, 1.807) is 67.1 Å². The van der Waals surface area contributed by atoms with Crippen LogP contribution in [0.5, 0.6) is 11.5 Å². The fourth-order valence-electron chi connectivity index (χ4n) is 5.19. The van der Waals surface area contributed by atoms with Crippen LogP contribution in [0.2, 0.25) is 10.0 Å². The Bertz CT molecular complexity index is 2110. The number of halogens is 2. The number of esters is 1. The smallest absolute Gasteiger partial charge is 0.338 e. The zero-order valence-corrected chi connectivity index (χ0v) is 27.2. The van der Waals surface area contributed by atoms with Crippen LogP contribution in [0.15, 0.2) is 112 Å². The molecule has 1 aliphatic heterocycles. The number of fused-ring (bicyclic) bond motifs is 1. The molecular weight excluding hydrogens is 643 g/mol. The van der Waals surface area contributed by atoms with Crippen molar-refractivity contribution in [1.29, 1.82) is 0 Å². The average Bonchev–Trinajstić information content (AvgIpc) is 3.39. The third-order valence-electron chi connectivity index (χ3n) is 7.37. The summed E-state index contributed by atoms with van der Waals surface area (Å²) >= 11 is 13.7. The number of hydrogen-bond donors (Lipinski definition) is 0. The maximum absolute atomic E-state index is 14.3. The first-order valence-electron chi connectivity index (χ1n) is 14.5. The molecule has 46 heavy (non-hydrogen) atoms. The second kappa shape index (κ2) is 13.8. The van der Waals surface area contributed by atoms with E-state index in [-0.39, 0.29) is 17.7 Å². The van der Waals surface area contributed by atoms with Gasteiger partial charge in [-0.15, -0.1) is 0 Å². The van der Waals surface area contributed by atoms with Crippen molar-refractivity contribution in [2.45, 2.75) is 19.6 Å². The molecule has 1 aliphatic rings. The van der Waals surface area contributed by atoms with Crippen molar-refractivity contribution < 1.29 is 19.0 Å². The predicted molar refractivity (Wildman–Crippen MR) is 181 cm³/mol. The van der Waals surface area contributed by atoms with Crippen molar-refractivity contribution in [2.75, 3.05) is 13.7 Å². The molecule has 0 saturated heterocycles. The number of methoxy groups -OCH3 is 1. The molecule has 1 aromatic heterocycles. The molecular formula is C36H28Cl2N2O5S. The van der Waals surface area contributed by atoms with Gasteiger partial charge < -0.3 is 14.2 Å². The molecule has 0 amide bonds. The summed E-state index contributed by atoms with van der Waals surface area (Å²) in [6.45, 7) is 2.20. The zero-order valence-electron chi connectivity index (χ0n) is 24.9. The molecule has 2 heterocycles. The Labute approximate surface area is 279 Å². The van der Waals surface area contributed by atoms with Crippen LogP contribution in [-0.4, -0.2) is 24.3 Å². The summed E-state index contributed by atoms with van der Waals surface area (Å²) in [5, 5.41) is 1.13. The molecule has 0 radical (unpaired) electrons. The van der Waals surface area contributed by atoms with Crippen molar-refractivity contribution in [2.24, 2.45) is 4.99 Å². The Hall–Kier alpha value is -4.63. The summed E-state index contributed by atoms with van der Waals surface area (Å²) < 4.78 is 19.0. The summed E-state index contributed by atoms with van der Waals surface area (Å²) in [5.41, 5.74) is 3.39. The minimum atomic E-state index is -0.807. The summed E-state index contributed by atoms with van der Waals surface area (Å²) in [4.78, 5) is 33.3. The van der Waals surface area contributed by atoms with E-state index in [0.29, 0.717) is 54.3 Å². The lowest BCUT2D eigenvalue weighted by Gasteiger charge is -2.26. The van der Waals surface area contributed by atoms with Crippen molar-refractivity contribution in [3.05, 3.63) is 155 Å². The van der Waals surface area contributed by atoms with E-state index in [9.17, 15) is 9.59 Å². The highest BCUT2D eigenvalue weighted by atomic mass is 35.5. The number of aromatic nitrogens is 1. The summed E-state index contributed by atoms with van der Waals surface area (Å²) in [6.07, 6.45) is 1.74. The first kappa shape index (κ1) is 31.4. The van der Waals surface area contributed by atoms with Crippen molar-refractivity contribution in [3.8, 4) is 11.5 Å². The molecule has 0 bridgehead atoms. The second-order valence-electron chi connectivity index (χ2n) is 10.3. The molecule has 1 atom stereocenters. The van der Waals surface area contributed by atoms with Gasteiger partial charge in [-0.25, -0.2) is 9.79 Å². The highest BCUT2D eigenvalue weighted by Gasteiger charge is 2.35. The van der Waals surface area contributed by atoms with E-state index in [2.05, 4.69) is 0 Å². The van der Waals surface area contributed by atoms with E-state index in [1.165, 1.54) is 11.3 Å². The molecule has 0 N–H and O–H groups in total. The molecule has 10 heteroatoms. The number of nitrogens with zero attached hydrogens (tertiary/aromatic N) is 2. The molecule has 5 aromatic rings. The molecule has 6 rings (SSSR count). The Kier molecular flexibility index (Phi) is 9.40. The van der Waals surface area contributed by atoms with Gasteiger partial charge in [-0.1, -0.05) is 89.1 Å². The monoisotopic (exact) mass is 670 g/mol.